The van der Waals surface area contributed by atoms with Crippen LogP contribution in [0.1, 0.15) is 50.6 Å². The van der Waals surface area contributed by atoms with E-state index < -0.39 is 17.7 Å². The van der Waals surface area contributed by atoms with Gasteiger partial charge in [-0.05, 0) is 38.7 Å². The van der Waals surface area contributed by atoms with Gasteiger partial charge in [0.15, 0.2) is 0 Å². The van der Waals surface area contributed by atoms with Crippen molar-refractivity contribution >= 4 is 5.91 Å². The molecule has 3 fully saturated rings. The van der Waals surface area contributed by atoms with Crippen LogP contribution in [0.25, 0.3) is 0 Å². The third kappa shape index (κ3) is 3.14. The molecule has 1 aromatic rings. The maximum Gasteiger partial charge on any atom is 0.221 e. The van der Waals surface area contributed by atoms with E-state index in [-0.39, 0.29) is 11.3 Å². The SMILES string of the molecule is C[C@@H](NC(=O)CC12CCC(CC1)OC2)c1ccc(F)cc1F. The molecule has 2 saturated heterocycles. The third-order valence-electron chi connectivity index (χ3n) is 4.96. The van der Waals surface area contributed by atoms with Crippen molar-refractivity contribution < 1.29 is 18.3 Å². The number of hydrogen-bond donors (Lipinski definition) is 1. The minimum absolute atomic E-state index is 0.0557. The Labute approximate surface area is 129 Å². The Kier molecular flexibility index (Phi) is 4.17. The molecule has 5 heteroatoms. The van der Waals surface area contributed by atoms with Gasteiger partial charge in [0.25, 0.3) is 0 Å². The van der Waals surface area contributed by atoms with Crippen LogP contribution in [0.3, 0.4) is 0 Å². The van der Waals surface area contributed by atoms with E-state index in [9.17, 15) is 13.6 Å². The number of carbonyl (C=O) groups excluding carboxylic acids is 1. The number of hydrogen-bond acceptors (Lipinski definition) is 2. The molecule has 120 valence electrons. The number of halogens is 2. The lowest BCUT2D eigenvalue weighted by Gasteiger charge is -2.46. The van der Waals surface area contributed by atoms with Crippen LogP contribution >= 0.6 is 0 Å². The summed E-state index contributed by atoms with van der Waals surface area (Å²) in [5, 5.41) is 2.82. The van der Waals surface area contributed by atoms with Gasteiger partial charge in [-0.3, -0.25) is 4.79 Å². The summed E-state index contributed by atoms with van der Waals surface area (Å²) in [7, 11) is 0. The van der Waals surface area contributed by atoms with Gasteiger partial charge < -0.3 is 10.1 Å². The van der Waals surface area contributed by atoms with E-state index in [0.717, 1.165) is 31.7 Å². The highest BCUT2D eigenvalue weighted by atomic mass is 19.1. The summed E-state index contributed by atoms with van der Waals surface area (Å²) in [6.07, 6.45) is 4.86. The van der Waals surface area contributed by atoms with Gasteiger partial charge in [-0.2, -0.15) is 0 Å². The second-order valence-corrected chi connectivity index (χ2v) is 6.64. The van der Waals surface area contributed by atoms with Gasteiger partial charge in [-0.1, -0.05) is 6.07 Å². The fraction of sp³-hybridized carbons (Fsp3) is 0.588. The first-order valence-corrected chi connectivity index (χ1v) is 7.83. The van der Waals surface area contributed by atoms with E-state index in [1.807, 2.05) is 0 Å². The molecule has 22 heavy (non-hydrogen) atoms. The maximum absolute atomic E-state index is 13.7. The standard InChI is InChI=1S/C17H21F2NO2/c1-11(14-3-2-12(18)8-15(14)19)20-16(21)9-17-6-4-13(5-7-17)22-10-17/h2-3,8,11,13H,4-7,9-10H2,1H3,(H,20,21)/t11-,13?,17?/m1/s1. The summed E-state index contributed by atoms with van der Waals surface area (Å²) in [5.74, 6) is -1.34. The van der Waals surface area contributed by atoms with Crippen molar-refractivity contribution in [3.05, 3.63) is 35.4 Å². The molecule has 0 unspecified atom stereocenters. The first kappa shape index (κ1) is 15.4. The fourth-order valence-corrected chi connectivity index (χ4v) is 3.60. The van der Waals surface area contributed by atoms with Gasteiger partial charge in [0.2, 0.25) is 5.91 Å². The Hall–Kier alpha value is -1.49. The highest BCUT2D eigenvalue weighted by molar-refractivity contribution is 5.77. The van der Waals surface area contributed by atoms with Crippen molar-refractivity contribution in [3.63, 3.8) is 0 Å². The minimum atomic E-state index is -0.632. The molecule has 1 N–H and O–H groups in total. The van der Waals surface area contributed by atoms with Crippen LogP contribution in [0.2, 0.25) is 0 Å². The van der Waals surface area contributed by atoms with Crippen LogP contribution < -0.4 is 5.32 Å². The van der Waals surface area contributed by atoms with Crippen LogP contribution in [0.15, 0.2) is 18.2 Å². The number of rotatable bonds is 4. The maximum atomic E-state index is 13.7. The lowest BCUT2D eigenvalue weighted by atomic mass is 9.69. The quantitative estimate of drug-likeness (QED) is 0.924. The first-order valence-electron chi connectivity index (χ1n) is 7.83. The molecule has 2 heterocycles. The lowest BCUT2D eigenvalue weighted by Crippen LogP contribution is -2.45. The molecule has 3 aliphatic rings. The molecular weight excluding hydrogens is 288 g/mol. The van der Waals surface area contributed by atoms with E-state index in [2.05, 4.69) is 5.32 Å². The first-order chi connectivity index (χ1) is 10.5. The summed E-state index contributed by atoms with van der Waals surface area (Å²) in [4.78, 5) is 12.3. The number of fused-ring (bicyclic) bond motifs is 3. The summed E-state index contributed by atoms with van der Waals surface area (Å²) in [6.45, 7) is 2.35. The van der Waals surface area contributed by atoms with Crippen molar-refractivity contribution in [2.75, 3.05) is 6.61 Å². The van der Waals surface area contributed by atoms with Crippen molar-refractivity contribution in [3.8, 4) is 0 Å². The van der Waals surface area contributed by atoms with Crippen molar-refractivity contribution in [1.29, 1.82) is 0 Å². The minimum Gasteiger partial charge on any atom is -0.378 e. The average Bonchev–Trinajstić information content (AvgIpc) is 2.48. The number of amides is 1. The monoisotopic (exact) mass is 309 g/mol. The third-order valence-corrected chi connectivity index (χ3v) is 4.96. The zero-order valence-electron chi connectivity index (χ0n) is 12.7. The normalized spacial score (nSPS) is 28.4. The van der Waals surface area contributed by atoms with E-state index in [1.165, 1.54) is 12.1 Å². The number of benzene rings is 1. The number of ether oxygens (including phenoxy) is 1. The van der Waals surface area contributed by atoms with Crippen LogP contribution in [-0.4, -0.2) is 18.6 Å². The Bertz CT molecular complexity index is 554. The van der Waals surface area contributed by atoms with Crippen LogP contribution in [-0.2, 0) is 9.53 Å². The second kappa shape index (κ2) is 5.95. The Morgan fingerprint density at radius 1 is 1.41 bits per heavy atom. The number of nitrogens with one attached hydrogen (secondary N) is 1. The second-order valence-electron chi connectivity index (χ2n) is 6.64. The molecular formula is C17H21F2NO2. The van der Waals surface area contributed by atoms with Gasteiger partial charge in [0.05, 0.1) is 18.8 Å². The largest absolute Gasteiger partial charge is 0.378 e. The molecule has 4 rings (SSSR count). The average molecular weight is 309 g/mol. The van der Waals surface area contributed by atoms with E-state index in [1.54, 1.807) is 6.92 Å². The Morgan fingerprint density at radius 3 is 2.73 bits per heavy atom. The van der Waals surface area contributed by atoms with Gasteiger partial charge in [-0.25, -0.2) is 8.78 Å². The van der Waals surface area contributed by atoms with Gasteiger partial charge in [0, 0.05) is 23.5 Å². The van der Waals surface area contributed by atoms with E-state index in [4.69, 9.17) is 4.74 Å². The molecule has 0 aromatic heterocycles. The summed E-state index contributed by atoms with van der Waals surface area (Å²) >= 11 is 0. The lowest BCUT2D eigenvalue weighted by molar-refractivity contribution is -0.140. The van der Waals surface area contributed by atoms with Gasteiger partial charge >= 0.3 is 0 Å². The van der Waals surface area contributed by atoms with E-state index in [0.29, 0.717) is 24.7 Å². The van der Waals surface area contributed by atoms with Gasteiger partial charge in [-0.15, -0.1) is 0 Å². The summed E-state index contributed by atoms with van der Waals surface area (Å²) in [5.41, 5.74) is 0.246. The Balaban J connectivity index is 1.61. The summed E-state index contributed by atoms with van der Waals surface area (Å²) in [6, 6.07) is 2.94. The molecule has 1 amide bonds. The van der Waals surface area contributed by atoms with Crippen LogP contribution in [0.4, 0.5) is 8.78 Å². The molecule has 1 aliphatic carbocycles. The predicted molar refractivity (Wildman–Crippen MR) is 78.2 cm³/mol. The van der Waals surface area contributed by atoms with Crippen LogP contribution in [0, 0.1) is 17.0 Å². The molecule has 1 saturated carbocycles. The smallest absolute Gasteiger partial charge is 0.221 e. The van der Waals surface area contributed by atoms with Crippen molar-refractivity contribution in [2.24, 2.45) is 5.41 Å². The predicted octanol–water partition coefficient (Wildman–Crippen LogP) is 3.49. The molecule has 2 bridgehead atoms. The highest BCUT2D eigenvalue weighted by Gasteiger charge is 2.42. The summed E-state index contributed by atoms with van der Waals surface area (Å²) < 4.78 is 32.4. The van der Waals surface area contributed by atoms with E-state index >= 15 is 0 Å². The zero-order valence-corrected chi connectivity index (χ0v) is 12.7. The zero-order chi connectivity index (χ0) is 15.7. The van der Waals surface area contributed by atoms with Gasteiger partial charge in [0.1, 0.15) is 11.6 Å². The van der Waals surface area contributed by atoms with Crippen molar-refractivity contribution in [2.45, 2.75) is 51.2 Å². The number of carbonyl (C=O) groups is 1. The topological polar surface area (TPSA) is 38.3 Å². The van der Waals surface area contributed by atoms with Crippen molar-refractivity contribution in [1.82, 2.24) is 5.32 Å². The molecule has 1 aromatic carbocycles. The molecule has 0 radical (unpaired) electrons. The Morgan fingerprint density at radius 2 is 2.14 bits per heavy atom. The fourth-order valence-electron chi connectivity index (χ4n) is 3.60. The molecule has 0 spiro atoms. The molecule has 2 aliphatic heterocycles. The molecule has 3 nitrogen and oxygen atoms in total. The molecule has 1 atom stereocenters. The highest BCUT2D eigenvalue weighted by Crippen LogP contribution is 2.45. The van der Waals surface area contributed by atoms with Crippen LogP contribution in [0.5, 0.6) is 0 Å².